The van der Waals surface area contributed by atoms with Crippen molar-refractivity contribution >= 4 is 63.4 Å². The summed E-state index contributed by atoms with van der Waals surface area (Å²) >= 11 is 3.40. The molecule has 0 atom stereocenters. The molecule has 1 amide bonds. The SMILES string of the molecule is O=C1Nc2cc(Br)ccc2/C1=C1\C(=N\O)c2ccccc2N1CCO.[LiH]. The van der Waals surface area contributed by atoms with Crippen molar-refractivity contribution in [1.82, 2.24) is 0 Å². The Labute approximate surface area is 170 Å². The van der Waals surface area contributed by atoms with Crippen LogP contribution < -0.4 is 10.2 Å². The number of oxime groups is 1. The summed E-state index contributed by atoms with van der Waals surface area (Å²) in [5.74, 6) is -0.264. The minimum atomic E-state index is -0.264. The number of nitrogens with one attached hydrogen (secondary N) is 1. The third-order valence-corrected chi connectivity index (χ3v) is 4.82. The van der Waals surface area contributed by atoms with Crippen molar-refractivity contribution in [2.45, 2.75) is 0 Å². The first-order valence-corrected chi connectivity index (χ1v) is 8.50. The Morgan fingerprint density at radius 3 is 2.65 bits per heavy atom. The van der Waals surface area contributed by atoms with E-state index in [1.807, 2.05) is 47.4 Å². The van der Waals surface area contributed by atoms with Crippen molar-refractivity contribution in [3.05, 3.63) is 63.8 Å². The van der Waals surface area contributed by atoms with Gasteiger partial charge in [-0.3, -0.25) is 4.79 Å². The van der Waals surface area contributed by atoms with E-state index in [4.69, 9.17) is 0 Å². The fraction of sp³-hybridized carbons (Fsp3) is 0.111. The third-order valence-electron chi connectivity index (χ3n) is 4.33. The number of aliphatic hydroxyl groups excluding tert-OH is 1. The van der Waals surface area contributed by atoms with E-state index < -0.39 is 0 Å². The fourth-order valence-electron chi connectivity index (χ4n) is 3.35. The molecule has 3 N–H and O–H groups in total. The molecule has 128 valence electrons. The molecule has 0 saturated heterocycles. The predicted octanol–water partition coefficient (Wildman–Crippen LogP) is 2.15. The van der Waals surface area contributed by atoms with Gasteiger partial charge >= 0.3 is 18.9 Å². The second-order valence-electron chi connectivity index (χ2n) is 5.71. The molecule has 0 spiro atoms. The molecule has 2 aliphatic rings. The summed E-state index contributed by atoms with van der Waals surface area (Å²) in [6, 6.07) is 12.9. The molecule has 4 rings (SSSR count). The van der Waals surface area contributed by atoms with Gasteiger partial charge in [-0.1, -0.05) is 45.4 Å². The van der Waals surface area contributed by atoms with E-state index in [-0.39, 0.29) is 37.9 Å². The third kappa shape index (κ3) is 2.77. The molecule has 0 radical (unpaired) electrons. The number of carbonyl (C=O) groups is 1. The Balaban J connectivity index is 0.00000196. The topological polar surface area (TPSA) is 85.2 Å². The molecule has 0 fully saturated rings. The molecule has 2 aliphatic heterocycles. The average Bonchev–Trinajstić information content (AvgIpc) is 3.08. The zero-order valence-electron chi connectivity index (χ0n) is 13.0. The van der Waals surface area contributed by atoms with Crippen LogP contribution in [-0.4, -0.2) is 53.9 Å². The number of amides is 1. The Hall–Kier alpha value is -2.04. The number of aliphatic hydroxyl groups is 1. The molecule has 0 aliphatic carbocycles. The number of para-hydroxylation sites is 1. The van der Waals surface area contributed by atoms with Crippen LogP contribution >= 0.6 is 15.9 Å². The van der Waals surface area contributed by atoms with Crippen LogP contribution in [0.15, 0.2) is 57.8 Å². The summed E-state index contributed by atoms with van der Waals surface area (Å²) in [6.45, 7) is 0.187. The first-order valence-electron chi connectivity index (χ1n) is 7.71. The summed E-state index contributed by atoms with van der Waals surface area (Å²) in [7, 11) is 0. The van der Waals surface area contributed by atoms with Crippen LogP contribution in [0, 0.1) is 0 Å². The summed E-state index contributed by atoms with van der Waals surface area (Å²) < 4.78 is 0.857. The first-order chi connectivity index (χ1) is 12.2. The molecule has 2 aromatic rings. The second kappa shape index (κ2) is 7.29. The molecular weight excluding hydrogens is 393 g/mol. The van der Waals surface area contributed by atoms with Gasteiger partial charge in [0.2, 0.25) is 0 Å². The van der Waals surface area contributed by atoms with Crippen molar-refractivity contribution in [2.75, 3.05) is 23.4 Å². The summed E-state index contributed by atoms with van der Waals surface area (Å²) in [5, 5.41) is 25.4. The standard InChI is InChI=1S/C18H14BrN3O3.Li.H/c19-10-5-6-11-13(9-10)20-18(24)15(11)17-16(21-25)12-3-1-2-4-14(12)22(17)7-8-23;;/h1-6,9,23,25H,7-8H2,(H,20,24);;/b17-15-,21-16+;;. The van der Waals surface area contributed by atoms with Crippen molar-refractivity contribution in [2.24, 2.45) is 5.16 Å². The Kier molecular flexibility index (Phi) is 5.26. The molecule has 0 aromatic heterocycles. The summed E-state index contributed by atoms with van der Waals surface area (Å²) in [6.07, 6.45) is 0. The quantitative estimate of drug-likeness (QED) is 0.308. The van der Waals surface area contributed by atoms with Gasteiger partial charge in [-0.25, -0.2) is 0 Å². The molecule has 26 heavy (non-hydrogen) atoms. The zero-order chi connectivity index (χ0) is 17.6. The van der Waals surface area contributed by atoms with Gasteiger partial charge in [-0.15, -0.1) is 0 Å². The van der Waals surface area contributed by atoms with Crippen LogP contribution in [0.25, 0.3) is 5.57 Å². The van der Waals surface area contributed by atoms with Crippen LogP contribution in [0.4, 0.5) is 11.4 Å². The molecular formula is C18H15BrLiN3O3. The van der Waals surface area contributed by atoms with Crippen molar-refractivity contribution in [3.8, 4) is 0 Å². The predicted molar refractivity (Wildman–Crippen MR) is 106 cm³/mol. The van der Waals surface area contributed by atoms with Crippen LogP contribution in [-0.2, 0) is 4.79 Å². The van der Waals surface area contributed by atoms with Crippen molar-refractivity contribution < 1.29 is 15.1 Å². The van der Waals surface area contributed by atoms with E-state index >= 15 is 0 Å². The Morgan fingerprint density at radius 1 is 1.15 bits per heavy atom. The van der Waals surface area contributed by atoms with Gasteiger partial charge in [0.1, 0.15) is 5.71 Å². The number of carbonyl (C=O) groups excluding carboxylic acids is 1. The molecule has 0 saturated carbocycles. The van der Waals surface area contributed by atoms with E-state index in [1.54, 1.807) is 0 Å². The molecule has 8 heteroatoms. The van der Waals surface area contributed by atoms with Crippen LogP contribution in [0.5, 0.6) is 0 Å². The van der Waals surface area contributed by atoms with Gasteiger partial charge < -0.3 is 20.5 Å². The number of rotatable bonds is 2. The summed E-state index contributed by atoms with van der Waals surface area (Å²) in [4.78, 5) is 14.5. The first kappa shape index (κ1) is 18.7. The minimum absolute atomic E-state index is 0. The average molecular weight is 408 g/mol. The number of nitrogens with zero attached hydrogens (tertiary/aromatic N) is 2. The number of benzene rings is 2. The van der Waals surface area contributed by atoms with E-state index in [1.165, 1.54) is 0 Å². The number of β-amino-alcohol motifs (C(OH)–C–C–N with tert-alkyl or cyclic N) is 1. The van der Waals surface area contributed by atoms with Crippen LogP contribution in [0.1, 0.15) is 11.1 Å². The number of hydrogen-bond acceptors (Lipinski definition) is 5. The van der Waals surface area contributed by atoms with Crippen LogP contribution in [0.2, 0.25) is 0 Å². The van der Waals surface area contributed by atoms with Gasteiger partial charge in [0, 0.05) is 22.1 Å². The molecule has 0 unspecified atom stereocenters. The van der Waals surface area contributed by atoms with E-state index in [9.17, 15) is 15.1 Å². The maximum absolute atomic E-state index is 12.7. The monoisotopic (exact) mass is 407 g/mol. The number of allylic oxidation sites excluding steroid dienone is 1. The van der Waals surface area contributed by atoms with Gasteiger partial charge in [0.05, 0.1) is 29.3 Å². The molecule has 2 aromatic carbocycles. The van der Waals surface area contributed by atoms with Crippen molar-refractivity contribution in [1.29, 1.82) is 0 Å². The number of fused-ring (bicyclic) bond motifs is 2. The van der Waals surface area contributed by atoms with E-state index in [0.29, 0.717) is 22.7 Å². The zero-order valence-corrected chi connectivity index (χ0v) is 14.6. The van der Waals surface area contributed by atoms with Crippen LogP contribution in [0.3, 0.4) is 0 Å². The molecule has 2 heterocycles. The molecule has 6 nitrogen and oxygen atoms in total. The maximum atomic E-state index is 12.7. The summed E-state index contributed by atoms with van der Waals surface area (Å²) in [5.41, 5.74) is 4.20. The van der Waals surface area contributed by atoms with Gasteiger partial charge in [-0.05, 0) is 18.2 Å². The number of halogens is 1. The number of anilines is 2. The van der Waals surface area contributed by atoms with Gasteiger partial charge in [0.25, 0.3) is 5.91 Å². The van der Waals surface area contributed by atoms with E-state index in [2.05, 4.69) is 26.4 Å². The molecule has 0 bridgehead atoms. The Morgan fingerprint density at radius 2 is 1.92 bits per heavy atom. The second-order valence-corrected chi connectivity index (χ2v) is 6.62. The van der Waals surface area contributed by atoms with Crippen molar-refractivity contribution in [3.63, 3.8) is 0 Å². The van der Waals surface area contributed by atoms with E-state index in [0.717, 1.165) is 21.3 Å². The van der Waals surface area contributed by atoms with Gasteiger partial charge in [0.15, 0.2) is 0 Å². The normalized spacial score (nSPS) is 19.2. The van der Waals surface area contributed by atoms with Gasteiger partial charge in [-0.2, -0.15) is 0 Å². The Bertz CT molecular complexity index is 958. The fourth-order valence-corrected chi connectivity index (χ4v) is 3.71. The number of hydrogen-bond donors (Lipinski definition) is 3.